The van der Waals surface area contributed by atoms with E-state index in [1.807, 2.05) is 45.3 Å². The van der Waals surface area contributed by atoms with Gasteiger partial charge in [-0.1, -0.05) is 30.9 Å². The van der Waals surface area contributed by atoms with Crippen LogP contribution < -0.4 is 5.43 Å². The largest absolute Gasteiger partial charge is 0.288 e. The van der Waals surface area contributed by atoms with E-state index < -0.39 is 0 Å². The molecule has 0 bridgehead atoms. The standard InChI is InChI=1S/C20H19N7O/c1-14(15-5-4-6-16(11-15)20-21-13-26(3)24-20)19-18(28)8-10-27(23-19)17-7-9-25(2)22-12-17/h4-6,8-14H,1-3H3. The number of allylic oxidation sites excluding steroid dienone is 1. The molecule has 3 heterocycles. The van der Waals surface area contributed by atoms with Gasteiger partial charge < -0.3 is 0 Å². The Morgan fingerprint density at radius 3 is 2.71 bits per heavy atom. The first-order valence-corrected chi connectivity index (χ1v) is 8.81. The zero-order valence-electron chi connectivity index (χ0n) is 15.8. The number of hydrogen-bond acceptors (Lipinski definition) is 6. The number of aryl methyl sites for hydroxylation is 1. The molecule has 0 spiro atoms. The molecule has 0 saturated carbocycles. The fourth-order valence-corrected chi connectivity index (χ4v) is 2.93. The van der Waals surface area contributed by atoms with Gasteiger partial charge in [0.05, 0.1) is 12.4 Å². The minimum absolute atomic E-state index is 0.112. The first-order chi connectivity index (χ1) is 13.5. The average Bonchev–Trinajstić information content (AvgIpc) is 3.15. The van der Waals surface area contributed by atoms with Gasteiger partial charge >= 0.3 is 0 Å². The lowest BCUT2D eigenvalue weighted by Crippen LogP contribution is -2.20. The SMILES string of the molecule is CC(c1cccc(-c2ncn(C)n2)c1)c1nn(C2=C=CN(C)N=C2)ccc1=O. The Bertz CT molecular complexity index is 1180. The third kappa shape index (κ3) is 3.41. The molecule has 140 valence electrons. The van der Waals surface area contributed by atoms with Crippen LogP contribution in [0.15, 0.2) is 64.7 Å². The lowest BCUT2D eigenvalue weighted by Gasteiger charge is -2.15. The van der Waals surface area contributed by atoms with Crippen molar-refractivity contribution in [3.63, 3.8) is 0 Å². The molecule has 1 aliphatic heterocycles. The fraction of sp³-hybridized carbons (Fsp3) is 0.200. The van der Waals surface area contributed by atoms with Crippen molar-refractivity contribution in [2.24, 2.45) is 12.1 Å². The summed E-state index contributed by atoms with van der Waals surface area (Å²) in [6, 6.07) is 9.38. The maximum atomic E-state index is 12.5. The summed E-state index contributed by atoms with van der Waals surface area (Å²) in [5.74, 6) is 0.448. The summed E-state index contributed by atoms with van der Waals surface area (Å²) in [5, 5.41) is 14.7. The minimum atomic E-state index is -0.198. The van der Waals surface area contributed by atoms with Crippen molar-refractivity contribution in [2.75, 3.05) is 7.05 Å². The minimum Gasteiger partial charge on any atom is -0.288 e. The van der Waals surface area contributed by atoms with Crippen LogP contribution in [0, 0.1) is 0 Å². The first-order valence-electron chi connectivity index (χ1n) is 8.81. The van der Waals surface area contributed by atoms with E-state index in [9.17, 15) is 4.79 Å². The lowest BCUT2D eigenvalue weighted by atomic mass is 9.95. The molecule has 0 aliphatic carbocycles. The molecule has 4 rings (SSSR count). The number of hydrazone groups is 1. The van der Waals surface area contributed by atoms with Gasteiger partial charge in [0.25, 0.3) is 0 Å². The van der Waals surface area contributed by atoms with E-state index in [1.165, 1.54) is 6.07 Å². The number of rotatable bonds is 4. The quantitative estimate of drug-likeness (QED) is 0.654. The molecule has 1 aromatic carbocycles. The molecule has 1 atom stereocenters. The van der Waals surface area contributed by atoms with Crippen molar-refractivity contribution < 1.29 is 0 Å². The zero-order valence-corrected chi connectivity index (χ0v) is 15.8. The van der Waals surface area contributed by atoms with Crippen LogP contribution in [0.2, 0.25) is 0 Å². The maximum Gasteiger partial charge on any atom is 0.203 e. The Kier molecular flexibility index (Phi) is 4.47. The van der Waals surface area contributed by atoms with Crippen molar-refractivity contribution in [2.45, 2.75) is 12.8 Å². The summed E-state index contributed by atoms with van der Waals surface area (Å²) in [6.45, 7) is 1.96. The van der Waals surface area contributed by atoms with Crippen molar-refractivity contribution in [1.29, 1.82) is 0 Å². The van der Waals surface area contributed by atoms with Gasteiger partial charge in [0, 0.05) is 37.8 Å². The van der Waals surface area contributed by atoms with Gasteiger partial charge in [-0.05, 0) is 11.6 Å². The topological polar surface area (TPSA) is 81.2 Å². The predicted molar refractivity (Wildman–Crippen MR) is 106 cm³/mol. The molecule has 8 heteroatoms. The monoisotopic (exact) mass is 373 g/mol. The molecule has 1 unspecified atom stereocenters. The maximum absolute atomic E-state index is 12.5. The van der Waals surface area contributed by atoms with Crippen LogP contribution in [-0.2, 0) is 7.05 Å². The summed E-state index contributed by atoms with van der Waals surface area (Å²) in [4.78, 5) is 16.8. The molecule has 28 heavy (non-hydrogen) atoms. The van der Waals surface area contributed by atoms with Crippen LogP contribution in [0.4, 0.5) is 0 Å². The van der Waals surface area contributed by atoms with Crippen molar-refractivity contribution in [3.05, 3.63) is 76.3 Å². The third-order valence-corrected chi connectivity index (χ3v) is 4.50. The van der Waals surface area contributed by atoms with E-state index in [0.29, 0.717) is 17.2 Å². The Morgan fingerprint density at radius 1 is 1.14 bits per heavy atom. The van der Waals surface area contributed by atoms with E-state index in [4.69, 9.17) is 0 Å². The molecule has 0 radical (unpaired) electrons. The number of aromatic nitrogens is 5. The van der Waals surface area contributed by atoms with Gasteiger partial charge in [0.15, 0.2) is 5.82 Å². The molecule has 0 fully saturated rings. The number of hydrogen-bond donors (Lipinski definition) is 0. The molecule has 1 aliphatic rings. The Labute approximate surface area is 161 Å². The Balaban J connectivity index is 1.72. The second-order valence-electron chi connectivity index (χ2n) is 6.58. The van der Waals surface area contributed by atoms with Crippen molar-refractivity contribution >= 4 is 11.9 Å². The molecule has 3 aromatic rings. The Morgan fingerprint density at radius 2 is 2.00 bits per heavy atom. The van der Waals surface area contributed by atoms with Crippen LogP contribution in [0.3, 0.4) is 0 Å². The van der Waals surface area contributed by atoms with E-state index in [2.05, 4.69) is 26.0 Å². The van der Waals surface area contributed by atoms with Gasteiger partial charge in [0.1, 0.15) is 17.7 Å². The predicted octanol–water partition coefficient (Wildman–Crippen LogP) is 2.08. The van der Waals surface area contributed by atoms with Crippen LogP contribution in [0.5, 0.6) is 0 Å². The molecule has 8 nitrogen and oxygen atoms in total. The number of benzene rings is 1. The van der Waals surface area contributed by atoms with E-state index in [-0.39, 0.29) is 11.3 Å². The van der Waals surface area contributed by atoms with Crippen LogP contribution >= 0.6 is 0 Å². The highest BCUT2D eigenvalue weighted by atomic mass is 16.1. The summed E-state index contributed by atoms with van der Waals surface area (Å²) >= 11 is 0. The lowest BCUT2D eigenvalue weighted by molar-refractivity contribution is 0.491. The fourth-order valence-electron chi connectivity index (χ4n) is 2.93. The molecule has 0 saturated heterocycles. The third-order valence-electron chi connectivity index (χ3n) is 4.50. The summed E-state index contributed by atoms with van der Waals surface area (Å²) in [6.07, 6.45) is 6.65. The van der Waals surface area contributed by atoms with Gasteiger partial charge in [-0.3, -0.25) is 14.5 Å². The molecular weight excluding hydrogens is 354 g/mol. The second-order valence-corrected chi connectivity index (χ2v) is 6.58. The summed E-state index contributed by atoms with van der Waals surface area (Å²) in [7, 11) is 3.64. The van der Waals surface area contributed by atoms with E-state index >= 15 is 0 Å². The van der Waals surface area contributed by atoms with E-state index in [1.54, 1.807) is 39.3 Å². The number of nitrogens with zero attached hydrogens (tertiary/aromatic N) is 7. The van der Waals surface area contributed by atoms with Crippen LogP contribution in [-0.4, -0.2) is 42.8 Å². The smallest absolute Gasteiger partial charge is 0.203 e. The van der Waals surface area contributed by atoms with Gasteiger partial charge in [-0.25, -0.2) is 9.67 Å². The first kappa shape index (κ1) is 17.6. The molecular formula is C20H19N7O. The second kappa shape index (κ2) is 7.09. The van der Waals surface area contributed by atoms with Crippen LogP contribution in [0.1, 0.15) is 24.1 Å². The van der Waals surface area contributed by atoms with Gasteiger partial charge in [0.2, 0.25) is 5.43 Å². The highest BCUT2D eigenvalue weighted by Crippen LogP contribution is 2.24. The molecule has 0 N–H and O–H groups in total. The van der Waals surface area contributed by atoms with Crippen molar-refractivity contribution in [3.8, 4) is 11.4 Å². The highest BCUT2D eigenvalue weighted by Gasteiger charge is 2.17. The molecule has 0 amide bonds. The van der Waals surface area contributed by atoms with Gasteiger partial charge in [-0.15, -0.1) is 0 Å². The zero-order chi connectivity index (χ0) is 19.7. The summed E-state index contributed by atoms with van der Waals surface area (Å²) < 4.78 is 3.28. The normalized spacial score (nSPS) is 14.2. The van der Waals surface area contributed by atoms with Crippen LogP contribution in [0.25, 0.3) is 17.1 Å². The summed E-state index contributed by atoms with van der Waals surface area (Å²) in [5.41, 5.74) is 5.96. The Hall–Kier alpha value is -3.77. The van der Waals surface area contributed by atoms with E-state index in [0.717, 1.165) is 11.1 Å². The molecule has 2 aromatic heterocycles. The highest BCUT2D eigenvalue weighted by molar-refractivity contribution is 6.01. The van der Waals surface area contributed by atoms with Gasteiger partial charge in [-0.2, -0.15) is 15.3 Å². The average molecular weight is 373 g/mol. The van der Waals surface area contributed by atoms with Crippen molar-refractivity contribution in [1.82, 2.24) is 29.6 Å².